The summed E-state index contributed by atoms with van der Waals surface area (Å²) in [6, 6.07) is 0. The van der Waals surface area contributed by atoms with Gasteiger partial charge in [-0.25, -0.2) is 4.79 Å². The second-order valence-corrected chi connectivity index (χ2v) is 4.19. The van der Waals surface area contributed by atoms with Crippen LogP contribution in [0.5, 0.6) is 0 Å². The lowest BCUT2D eigenvalue weighted by molar-refractivity contribution is -0.136. The highest BCUT2D eigenvalue weighted by Crippen LogP contribution is 2.27. The van der Waals surface area contributed by atoms with E-state index in [-0.39, 0.29) is 5.57 Å². The fourth-order valence-corrected chi connectivity index (χ4v) is 1.12. The number of esters is 1. The van der Waals surface area contributed by atoms with Gasteiger partial charge in [-0.2, -0.15) is 21.6 Å². The molecule has 0 spiro atoms. The Balaban J connectivity index is 5.10. The predicted molar refractivity (Wildman–Crippen MR) is 46.4 cm³/mol. The summed E-state index contributed by atoms with van der Waals surface area (Å²) in [5.41, 5.74) is -5.90. The first-order valence-electron chi connectivity index (χ1n) is 3.79. The summed E-state index contributed by atoms with van der Waals surface area (Å²) in [6.45, 7) is 1.99. The van der Waals surface area contributed by atoms with E-state index in [9.17, 15) is 26.4 Å². The normalized spacial score (nSPS) is 14.1. The molecule has 0 unspecified atom stereocenters. The molecule has 0 heterocycles. The van der Waals surface area contributed by atoms with Crippen molar-refractivity contribution in [3.8, 4) is 0 Å². The number of ether oxygens (including phenoxy) is 1. The molecule has 0 aromatic heterocycles. The Morgan fingerprint density at radius 1 is 1.19 bits per heavy atom. The maximum Gasteiger partial charge on any atom is 0.534 e. The van der Waals surface area contributed by atoms with Crippen LogP contribution in [0.3, 0.4) is 0 Å². The third-order valence-electron chi connectivity index (χ3n) is 1.54. The molecule has 0 aliphatic rings. The van der Waals surface area contributed by atoms with E-state index in [1.807, 2.05) is 0 Å². The molecule has 0 saturated carbocycles. The number of allylic oxidation sites excluding steroid dienone is 1. The van der Waals surface area contributed by atoms with Crippen molar-refractivity contribution in [2.75, 3.05) is 7.11 Å². The fourth-order valence-electron chi connectivity index (χ4n) is 0.571. The van der Waals surface area contributed by atoms with Gasteiger partial charge >= 0.3 is 21.6 Å². The maximum absolute atomic E-state index is 11.9. The topological polar surface area (TPSA) is 69.7 Å². The summed E-state index contributed by atoms with van der Waals surface area (Å²) in [7, 11) is -4.75. The third-order valence-corrected chi connectivity index (χ3v) is 2.57. The van der Waals surface area contributed by atoms with Crippen molar-refractivity contribution in [3.05, 3.63) is 11.3 Å². The Kier molecular flexibility index (Phi) is 4.36. The van der Waals surface area contributed by atoms with E-state index in [1.165, 1.54) is 0 Å². The number of alkyl halides is 3. The first kappa shape index (κ1) is 14.8. The Morgan fingerprint density at radius 3 is 1.94 bits per heavy atom. The summed E-state index contributed by atoms with van der Waals surface area (Å²) >= 11 is 0. The van der Waals surface area contributed by atoms with Crippen molar-refractivity contribution >= 4 is 16.1 Å². The lowest BCUT2D eigenvalue weighted by Gasteiger charge is -2.11. The molecule has 0 rings (SSSR count). The van der Waals surface area contributed by atoms with Crippen LogP contribution < -0.4 is 0 Å². The predicted octanol–water partition coefficient (Wildman–Crippen LogP) is 1.32. The quantitative estimate of drug-likeness (QED) is 0.252. The van der Waals surface area contributed by atoms with Gasteiger partial charge < -0.3 is 8.92 Å². The Morgan fingerprint density at radius 2 is 1.62 bits per heavy atom. The highest BCUT2D eigenvalue weighted by Gasteiger charge is 2.48. The third kappa shape index (κ3) is 3.40. The van der Waals surface area contributed by atoms with Crippen molar-refractivity contribution in [1.29, 1.82) is 0 Å². The van der Waals surface area contributed by atoms with E-state index in [1.54, 1.807) is 0 Å². The van der Waals surface area contributed by atoms with Gasteiger partial charge in [-0.05, 0) is 13.8 Å². The standard InChI is InChI=1S/C7H9F3O5S/c1-4(6(11)14-3)5(2)15-16(12,13)7(8,9)10/h1-3H3/b5-4-. The van der Waals surface area contributed by atoms with E-state index in [0.717, 1.165) is 21.0 Å². The molecule has 0 aliphatic carbocycles. The van der Waals surface area contributed by atoms with Crippen LogP contribution in [0.2, 0.25) is 0 Å². The molecule has 0 aliphatic heterocycles. The number of hydrogen-bond donors (Lipinski definition) is 0. The molecule has 16 heavy (non-hydrogen) atoms. The summed E-state index contributed by atoms with van der Waals surface area (Å²) in [4.78, 5) is 10.9. The van der Waals surface area contributed by atoms with Gasteiger partial charge in [-0.15, -0.1) is 0 Å². The Hall–Kier alpha value is -1.25. The zero-order valence-corrected chi connectivity index (χ0v) is 9.40. The monoisotopic (exact) mass is 262 g/mol. The number of rotatable bonds is 3. The summed E-state index contributed by atoms with van der Waals surface area (Å²) in [5, 5.41) is 0. The fraction of sp³-hybridized carbons (Fsp3) is 0.571. The minimum absolute atomic E-state index is 0.365. The van der Waals surface area contributed by atoms with E-state index >= 15 is 0 Å². The summed E-state index contributed by atoms with van der Waals surface area (Å²) in [5.74, 6) is -1.67. The average Bonchev–Trinajstić information content (AvgIpc) is 2.12. The van der Waals surface area contributed by atoms with Crippen molar-refractivity contribution in [3.63, 3.8) is 0 Å². The van der Waals surface area contributed by atoms with Gasteiger partial charge in [-0.3, -0.25) is 0 Å². The number of halogens is 3. The number of methoxy groups -OCH3 is 1. The number of carbonyl (C=O) groups excluding carboxylic acids is 1. The first-order chi connectivity index (χ1) is 7.03. The molecule has 5 nitrogen and oxygen atoms in total. The Bertz CT molecular complexity index is 406. The molecule has 0 fully saturated rings. The lowest BCUT2D eigenvalue weighted by Crippen LogP contribution is -2.25. The van der Waals surface area contributed by atoms with Gasteiger partial charge in [0.15, 0.2) is 0 Å². The summed E-state index contributed by atoms with van der Waals surface area (Å²) < 4.78 is 64.6. The molecule has 0 saturated heterocycles. The van der Waals surface area contributed by atoms with Crippen molar-refractivity contribution in [2.45, 2.75) is 19.4 Å². The number of hydrogen-bond acceptors (Lipinski definition) is 5. The molecular formula is C7H9F3O5S. The molecule has 9 heteroatoms. The number of carbonyl (C=O) groups is 1. The molecule has 0 atom stereocenters. The summed E-state index contributed by atoms with van der Waals surface area (Å²) in [6.07, 6.45) is 0. The largest absolute Gasteiger partial charge is 0.534 e. The molecule has 0 amide bonds. The highest BCUT2D eigenvalue weighted by atomic mass is 32.2. The van der Waals surface area contributed by atoms with Crippen LogP contribution in [0.15, 0.2) is 11.3 Å². The van der Waals surface area contributed by atoms with E-state index in [4.69, 9.17) is 0 Å². The lowest BCUT2D eigenvalue weighted by atomic mass is 10.3. The van der Waals surface area contributed by atoms with Gasteiger partial charge in [0.25, 0.3) is 0 Å². The van der Waals surface area contributed by atoms with Gasteiger partial charge in [0.2, 0.25) is 0 Å². The molecular weight excluding hydrogens is 253 g/mol. The second-order valence-electron chi connectivity index (χ2n) is 2.66. The SMILES string of the molecule is COC(=O)/C(C)=C(/C)OS(=O)(=O)C(F)(F)F. The Labute approximate surface area is 90.0 Å². The maximum atomic E-state index is 11.9. The van der Waals surface area contributed by atoms with E-state index in [2.05, 4.69) is 8.92 Å². The molecule has 0 bridgehead atoms. The molecule has 0 aromatic carbocycles. The zero-order valence-electron chi connectivity index (χ0n) is 8.58. The van der Waals surface area contributed by atoms with Gasteiger partial charge in [0.1, 0.15) is 5.76 Å². The molecule has 0 N–H and O–H groups in total. The van der Waals surface area contributed by atoms with Crippen LogP contribution in [-0.2, 0) is 23.8 Å². The van der Waals surface area contributed by atoms with Crippen LogP contribution in [0, 0.1) is 0 Å². The molecule has 0 aromatic rings. The zero-order chi connectivity index (χ0) is 13.1. The highest BCUT2D eigenvalue weighted by molar-refractivity contribution is 7.87. The van der Waals surface area contributed by atoms with Crippen molar-refractivity contribution in [2.24, 2.45) is 0 Å². The first-order valence-corrected chi connectivity index (χ1v) is 5.20. The van der Waals surface area contributed by atoms with Gasteiger partial charge in [0, 0.05) is 0 Å². The van der Waals surface area contributed by atoms with Crippen LogP contribution in [0.4, 0.5) is 13.2 Å². The second kappa shape index (κ2) is 4.73. The van der Waals surface area contributed by atoms with Gasteiger partial charge in [0.05, 0.1) is 12.7 Å². The van der Waals surface area contributed by atoms with Crippen LogP contribution in [0.1, 0.15) is 13.8 Å². The van der Waals surface area contributed by atoms with Crippen molar-refractivity contribution < 1.29 is 35.3 Å². The van der Waals surface area contributed by atoms with E-state index < -0.39 is 27.4 Å². The molecule has 0 radical (unpaired) electrons. The smallest absolute Gasteiger partial charge is 0.466 e. The van der Waals surface area contributed by atoms with Gasteiger partial charge in [-0.1, -0.05) is 0 Å². The van der Waals surface area contributed by atoms with Crippen LogP contribution in [0.25, 0.3) is 0 Å². The van der Waals surface area contributed by atoms with E-state index in [0.29, 0.717) is 0 Å². The van der Waals surface area contributed by atoms with Crippen molar-refractivity contribution in [1.82, 2.24) is 0 Å². The minimum atomic E-state index is -5.75. The van der Waals surface area contributed by atoms with Crippen LogP contribution in [-0.4, -0.2) is 27.0 Å². The average molecular weight is 262 g/mol. The van der Waals surface area contributed by atoms with Crippen LogP contribution >= 0.6 is 0 Å². The minimum Gasteiger partial charge on any atom is -0.466 e. The molecule has 94 valence electrons.